The average Bonchev–Trinajstić information content (AvgIpc) is 2.73. The minimum absolute atomic E-state index is 0.0270. The predicted octanol–water partition coefficient (Wildman–Crippen LogP) is 2.43. The van der Waals surface area contributed by atoms with Crippen molar-refractivity contribution in [1.29, 1.82) is 0 Å². The molecule has 0 amide bonds. The van der Waals surface area contributed by atoms with Crippen molar-refractivity contribution in [3.05, 3.63) is 22.4 Å². The van der Waals surface area contributed by atoms with Gasteiger partial charge >= 0.3 is 5.97 Å². The third-order valence-corrected chi connectivity index (χ3v) is 3.56. The number of aromatic nitrogens is 3. The maximum absolute atomic E-state index is 11.0. The summed E-state index contributed by atoms with van der Waals surface area (Å²) >= 11 is 3.23. The summed E-state index contributed by atoms with van der Waals surface area (Å²) in [5.74, 6) is -0.283. The molecule has 2 heterocycles. The van der Waals surface area contributed by atoms with Gasteiger partial charge in [-0.25, -0.2) is 14.3 Å². The van der Waals surface area contributed by atoms with Gasteiger partial charge in [0.25, 0.3) is 0 Å². The van der Waals surface area contributed by atoms with Crippen LogP contribution in [0.5, 0.6) is 0 Å². The second-order valence-electron chi connectivity index (χ2n) is 4.29. The Morgan fingerprint density at radius 2 is 2.26 bits per heavy atom. The zero-order valence-corrected chi connectivity index (χ0v) is 12.4. The van der Waals surface area contributed by atoms with Crippen molar-refractivity contribution in [1.82, 2.24) is 14.6 Å². The van der Waals surface area contributed by atoms with E-state index >= 15 is 0 Å². The number of aromatic carboxylic acids is 1. The molecule has 2 aromatic rings. The number of hydrogen-bond donors (Lipinski definition) is 1. The lowest BCUT2D eigenvalue weighted by molar-refractivity contribution is 0.0690. The van der Waals surface area contributed by atoms with Gasteiger partial charge in [0.1, 0.15) is 10.4 Å². The number of imidazole rings is 1. The van der Waals surface area contributed by atoms with Gasteiger partial charge in [-0.05, 0) is 34.5 Å². The molecule has 1 N–H and O–H groups in total. The van der Waals surface area contributed by atoms with Crippen LogP contribution >= 0.6 is 15.9 Å². The Morgan fingerprint density at radius 1 is 1.53 bits per heavy atom. The lowest BCUT2D eigenvalue weighted by atomic mass is 10.3. The van der Waals surface area contributed by atoms with E-state index in [0.717, 1.165) is 25.2 Å². The minimum atomic E-state index is -1.07. The second kappa shape index (κ2) is 5.56. The molecular formula is C12H15BrN4O2. The van der Waals surface area contributed by atoms with E-state index in [1.165, 1.54) is 4.52 Å². The van der Waals surface area contributed by atoms with Crippen molar-refractivity contribution in [2.45, 2.75) is 19.8 Å². The Hall–Kier alpha value is -1.63. The number of hydrogen-bond acceptors (Lipinski definition) is 4. The zero-order chi connectivity index (χ0) is 14.0. The van der Waals surface area contributed by atoms with E-state index in [0.29, 0.717) is 10.3 Å². The highest BCUT2D eigenvalue weighted by Crippen LogP contribution is 2.20. The number of rotatable bonds is 5. The number of anilines is 1. The van der Waals surface area contributed by atoms with Crippen LogP contribution in [0.4, 0.5) is 5.82 Å². The number of carboxylic acid groups (broad SMARTS) is 1. The van der Waals surface area contributed by atoms with Gasteiger partial charge in [-0.2, -0.15) is 0 Å². The molecule has 6 nitrogen and oxygen atoms in total. The summed E-state index contributed by atoms with van der Waals surface area (Å²) in [6.45, 7) is 3.04. The van der Waals surface area contributed by atoms with E-state index in [4.69, 9.17) is 5.11 Å². The van der Waals surface area contributed by atoms with Gasteiger partial charge in [0.05, 0.1) is 0 Å². The molecule has 0 aromatic carbocycles. The molecule has 2 rings (SSSR count). The van der Waals surface area contributed by atoms with E-state index in [1.54, 1.807) is 6.07 Å². The second-order valence-corrected chi connectivity index (χ2v) is 5.04. The fourth-order valence-electron chi connectivity index (χ4n) is 1.75. The third kappa shape index (κ3) is 2.70. The van der Waals surface area contributed by atoms with Crippen molar-refractivity contribution < 1.29 is 9.90 Å². The number of nitrogens with zero attached hydrogens (tertiary/aromatic N) is 4. The maximum Gasteiger partial charge on any atom is 0.357 e. The van der Waals surface area contributed by atoms with Gasteiger partial charge in [0.2, 0.25) is 0 Å². The first kappa shape index (κ1) is 13.8. The lowest BCUT2D eigenvalue weighted by Gasteiger charge is -2.17. The molecule has 7 heteroatoms. The van der Waals surface area contributed by atoms with Gasteiger partial charge in [0.15, 0.2) is 11.3 Å². The van der Waals surface area contributed by atoms with Crippen molar-refractivity contribution >= 4 is 33.4 Å². The third-order valence-electron chi connectivity index (χ3n) is 2.85. The fourth-order valence-corrected chi connectivity index (χ4v) is 2.27. The Balaban J connectivity index is 2.39. The van der Waals surface area contributed by atoms with E-state index in [9.17, 15) is 4.79 Å². The summed E-state index contributed by atoms with van der Waals surface area (Å²) in [6.07, 6.45) is 2.20. The van der Waals surface area contributed by atoms with Crippen LogP contribution in [-0.4, -0.2) is 39.3 Å². The summed E-state index contributed by atoms with van der Waals surface area (Å²) in [5.41, 5.74) is 0.484. The van der Waals surface area contributed by atoms with Crippen LogP contribution in [-0.2, 0) is 0 Å². The summed E-state index contributed by atoms with van der Waals surface area (Å²) < 4.78 is 1.86. The van der Waals surface area contributed by atoms with Crippen molar-refractivity contribution in [3.63, 3.8) is 0 Å². The monoisotopic (exact) mass is 326 g/mol. The van der Waals surface area contributed by atoms with Gasteiger partial charge in [-0.1, -0.05) is 13.3 Å². The first-order chi connectivity index (χ1) is 9.04. The van der Waals surface area contributed by atoms with Gasteiger partial charge in [0, 0.05) is 13.6 Å². The normalized spacial score (nSPS) is 10.9. The summed E-state index contributed by atoms with van der Waals surface area (Å²) in [5, 5.41) is 13.4. The van der Waals surface area contributed by atoms with Crippen LogP contribution in [0, 0.1) is 0 Å². The summed E-state index contributed by atoms with van der Waals surface area (Å²) in [4.78, 5) is 17.1. The average molecular weight is 327 g/mol. The van der Waals surface area contributed by atoms with E-state index < -0.39 is 5.97 Å². The highest BCUT2D eigenvalue weighted by molar-refractivity contribution is 9.10. The maximum atomic E-state index is 11.0. The topological polar surface area (TPSA) is 70.7 Å². The van der Waals surface area contributed by atoms with Gasteiger partial charge in [-0.15, -0.1) is 5.10 Å². The highest BCUT2D eigenvalue weighted by atomic mass is 79.9. The molecule has 0 saturated heterocycles. The van der Waals surface area contributed by atoms with Crippen molar-refractivity contribution in [2.24, 2.45) is 0 Å². The molecule has 0 bridgehead atoms. The number of halogens is 1. The van der Waals surface area contributed by atoms with Crippen molar-refractivity contribution in [2.75, 3.05) is 18.5 Å². The fraction of sp³-hybridized carbons (Fsp3) is 0.417. The highest BCUT2D eigenvalue weighted by Gasteiger charge is 2.17. The van der Waals surface area contributed by atoms with E-state index in [2.05, 4.69) is 32.9 Å². The number of fused-ring (bicyclic) bond motifs is 1. The molecule has 19 heavy (non-hydrogen) atoms. The molecule has 0 fully saturated rings. The van der Waals surface area contributed by atoms with E-state index in [1.807, 2.05) is 18.0 Å². The molecule has 2 aromatic heterocycles. The smallest absolute Gasteiger partial charge is 0.357 e. The molecule has 0 saturated carbocycles. The Labute approximate surface area is 119 Å². The van der Waals surface area contributed by atoms with Crippen LogP contribution < -0.4 is 4.90 Å². The SMILES string of the molecule is CCCCN(C)c1ccc2nc(C(=O)O)c(Br)n2n1. The first-order valence-electron chi connectivity index (χ1n) is 6.04. The summed E-state index contributed by atoms with van der Waals surface area (Å²) in [6, 6.07) is 3.61. The van der Waals surface area contributed by atoms with Gasteiger partial charge in [-0.3, -0.25) is 0 Å². The van der Waals surface area contributed by atoms with Crippen LogP contribution in [0.2, 0.25) is 0 Å². The van der Waals surface area contributed by atoms with Crippen LogP contribution in [0.1, 0.15) is 30.3 Å². The molecule has 102 valence electrons. The van der Waals surface area contributed by atoms with Crippen molar-refractivity contribution in [3.8, 4) is 0 Å². The minimum Gasteiger partial charge on any atom is -0.476 e. The van der Waals surface area contributed by atoms with Crippen LogP contribution in [0.15, 0.2) is 16.7 Å². The molecule has 0 unspecified atom stereocenters. The molecule has 0 radical (unpaired) electrons. The van der Waals surface area contributed by atoms with Crippen LogP contribution in [0.3, 0.4) is 0 Å². The first-order valence-corrected chi connectivity index (χ1v) is 6.83. The largest absolute Gasteiger partial charge is 0.476 e. The van der Waals surface area contributed by atoms with Gasteiger partial charge < -0.3 is 10.0 Å². The molecule has 0 atom stereocenters. The molecule has 0 aliphatic rings. The number of carboxylic acids is 1. The lowest BCUT2D eigenvalue weighted by Crippen LogP contribution is -2.20. The Bertz CT molecular complexity index is 611. The quantitative estimate of drug-likeness (QED) is 0.913. The number of carbonyl (C=O) groups is 1. The number of unbranched alkanes of at least 4 members (excludes halogenated alkanes) is 1. The summed E-state index contributed by atoms with van der Waals surface area (Å²) in [7, 11) is 1.97. The van der Waals surface area contributed by atoms with Crippen LogP contribution in [0.25, 0.3) is 5.65 Å². The van der Waals surface area contributed by atoms with E-state index in [-0.39, 0.29) is 5.69 Å². The molecular weight excluding hydrogens is 312 g/mol. The molecule has 0 aliphatic carbocycles. The predicted molar refractivity (Wildman–Crippen MR) is 75.8 cm³/mol. The molecule has 0 spiro atoms. The Kier molecular flexibility index (Phi) is 4.04. The molecule has 0 aliphatic heterocycles. The standard InChI is InChI=1S/C12H15BrN4O2/c1-3-4-7-16(2)9-6-5-8-14-10(12(18)19)11(13)17(8)15-9/h5-6H,3-4,7H2,1-2H3,(H,18,19). The zero-order valence-electron chi connectivity index (χ0n) is 10.8. The Morgan fingerprint density at radius 3 is 2.89 bits per heavy atom.